The molecule has 0 aliphatic heterocycles. The highest BCUT2D eigenvalue weighted by molar-refractivity contribution is 5.91. The van der Waals surface area contributed by atoms with Crippen LogP contribution in [0.5, 0.6) is 11.5 Å². The Kier molecular flexibility index (Phi) is 5.53. The molecule has 0 aliphatic rings. The second kappa shape index (κ2) is 8.20. The van der Waals surface area contributed by atoms with Crippen LogP contribution in [0.2, 0.25) is 0 Å². The van der Waals surface area contributed by atoms with Gasteiger partial charge in [-0.1, -0.05) is 24.1 Å². The van der Waals surface area contributed by atoms with Crippen molar-refractivity contribution in [1.29, 1.82) is 0 Å². The molecule has 0 spiro atoms. The van der Waals surface area contributed by atoms with Gasteiger partial charge in [-0.2, -0.15) is 0 Å². The largest absolute Gasteiger partial charge is 0.494 e. The zero-order valence-electron chi connectivity index (χ0n) is 15.0. The first-order valence-corrected chi connectivity index (χ1v) is 8.29. The molecule has 3 rings (SSSR count). The van der Waals surface area contributed by atoms with E-state index in [9.17, 15) is 9.18 Å². The molecule has 3 aromatic carbocycles. The van der Waals surface area contributed by atoms with Crippen molar-refractivity contribution in [3.05, 3.63) is 83.7 Å². The van der Waals surface area contributed by atoms with Gasteiger partial charge < -0.3 is 9.47 Å². The maximum absolute atomic E-state index is 13.8. The zero-order valence-corrected chi connectivity index (χ0v) is 15.0. The Morgan fingerprint density at radius 2 is 1.59 bits per heavy atom. The Balaban J connectivity index is 1.72. The first-order valence-electron chi connectivity index (χ1n) is 8.29. The first-order chi connectivity index (χ1) is 13.1. The average molecular weight is 360 g/mol. The smallest absolute Gasteiger partial charge is 0.343 e. The van der Waals surface area contributed by atoms with Crippen LogP contribution < -0.4 is 9.47 Å². The van der Waals surface area contributed by atoms with Gasteiger partial charge in [0.15, 0.2) is 11.6 Å². The quantitative estimate of drug-likeness (QED) is 0.369. The highest BCUT2D eigenvalue weighted by Gasteiger charge is 2.09. The van der Waals surface area contributed by atoms with Gasteiger partial charge in [-0.15, -0.1) is 5.92 Å². The first kappa shape index (κ1) is 18.2. The van der Waals surface area contributed by atoms with Crippen molar-refractivity contribution in [2.24, 2.45) is 0 Å². The van der Waals surface area contributed by atoms with E-state index in [1.807, 2.05) is 0 Å². The minimum atomic E-state index is -0.450. The lowest BCUT2D eigenvalue weighted by atomic mass is 10.1. The number of carbonyl (C=O) groups excluding carboxylic acids is 1. The maximum Gasteiger partial charge on any atom is 0.343 e. The van der Waals surface area contributed by atoms with Gasteiger partial charge in [-0.3, -0.25) is 0 Å². The van der Waals surface area contributed by atoms with Gasteiger partial charge in [0, 0.05) is 5.56 Å². The summed E-state index contributed by atoms with van der Waals surface area (Å²) in [5, 5.41) is 0. The molecule has 0 fully saturated rings. The average Bonchev–Trinajstić information content (AvgIpc) is 2.69. The minimum Gasteiger partial charge on any atom is -0.494 e. The Hall–Kier alpha value is -3.58. The maximum atomic E-state index is 13.8. The van der Waals surface area contributed by atoms with E-state index in [1.165, 1.54) is 13.2 Å². The van der Waals surface area contributed by atoms with Gasteiger partial charge in [0.05, 0.1) is 12.7 Å². The summed E-state index contributed by atoms with van der Waals surface area (Å²) in [7, 11) is 1.42. The lowest BCUT2D eigenvalue weighted by molar-refractivity contribution is 0.0735. The molecule has 0 saturated heterocycles. The van der Waals surface area contributed by atoms with Crippen molar-refractivity contribution in [3.8, 4) is 34.5 Å². The van der Waals surface area contributed by atoms with Crippen molar-refractivity contribution < 1.29 is 18.7 Å². The summed E-state index contributed by atoms with van der Waals surface area (Å²) in [6.45, 7) is 1.76. The Bertz CT molecular complexity index is 1010. The summed E-state index contributed by atoms with van der Waals surface area (Å²) in [4.78, 5) is 12.2. The lowest BCUT2D eigenvalue weighted by Crippen LogP contribution is -2.08. The fourth-order valence-corrected chi connectivity index (χ4v) is 2.56. The Labute approximate surface area is 157 Å². The van der Waals surface area contributed by atoms with Crippen molar-refractivity contribution in [1.82, 2.24) is 0 Å². The van der Waals surface area contributed by atoms with Crippen LogP contribution >= 0.6 is 0 Å². The molecule has 0 amide bonds. The van der Waals surface area contributed by atoms with E-state index in [4.69, 9.17) is 9.47 Å². The van der Waals surface area contributed by atoms with Gasteiger partial charge in [0.25, 0.3) is 0 Å². The van der Waals surface area contributed by atoms with E-state index >= 15 is 0 Å². The second-order valence-corrected chi connectivity index (χ2v) is 5.72. The van der Waals surface area contributed by atoms with Crippen LogP contribution in [0.1, 0.15) is 22.8 Å². The number of ether oxygens (including phenoxy) is 2. The van der Waals surface area contributed by atoms with E-state index in [0.29, 0.717) is 16.9 Å². The van der Waals surface area contributed by atoms with Gasteiger partial charge >= 0.3 is 5.97 Å². The van der Waals surface area contributed by atoms with Crippen LogP contribution in [0.25, 0.3) is 11.1 Å². The number of hydrogen-bond acceptors (Lipinski definition) is 3. The molecule has 3 nitrogen and oxygen atoms in total. The van der Waals surface area contributed by atoms with Crippen LogP contribution in [-0.2, 0) is 0 Å². The van der Waals surface area contributed by atoms with Crippen molar-refractivity contribution >= 4 is 5.97 Å². The van der Waals surface area contributed by atoms with Crippen LogP contribution in [0.15, 0.2) is 66.7 Å². The SMILES string of the molecule is CC#Cc1ccc(C(=O)Oc2ccc(-c3ccc(OC)c(F)c3)cc2)cc1. The zero-order chi connectivity index (χ0) is 19.2. The predicted octanol–water partition coefficient (Wildman–Crippen LogP) is 5.09. The number of esters is 1. The fraction of sp³-hybridized carbons (Fsp3) is 0.0870. The molecule has 0 aromatic heterocycles. The molecule has 0 atom stereocenters. The number of rotatable bonds is 4. The Morgan fingerprint density at radius 3 is 2.19 bits per heavy atom. The number of hydrogen-bond donors (Lipinski definition) is 0. The van der Waals surface area contributed by atoms with E-state index in [0.717, 1.165) is 11.1 Å². The number of carbonyl (C=O) groups is 1. The minimum absolute atomic E-state index is 0.195. The standard InChI is InChI=1S/C23H17FO3/c1-3-4-16-5-7-18(8-6-16)23(25)27-20-12-9-17(10-13-20)19-11-14-22(26-2)21(24)15-19/h5-15H,1-2H3. The third-order valence-corrected chi connectivity index (χ3v) is 3.94. The number of benzene rings is 3. The molecule has 0 saturated carbocycles. The van der Waals surface area contributed by atoms with E-state index in [1.54, 1.807) is 67.6 Å². The number of methoxy groups -OCH3 is 1. The molecule has 27 heavy (non-hydrogen) atoms. The van der Waals surface area contributed by atoms with Gasteiger partial charge in [0.2, 0.25) is 0 Å². The van der Waals surface area contributed by atoms with Crippen molar-refractivity contribution in [2.75, 3.05) is 7.11 Å². The monoisotopic (exact) mass is 360 g/mol. The third kappa shape index (κ3) is 4.34. The molecular weight excluding hydrogens is 343 g/mol. The summed E-state index contributed by atoms with van der Waals surface area (Å²) in [6, 6.07) is 18.5. The van der Waals surface area contributed by atoms with E-state index in [-0.39, 0.29) is 5.75 Å². The Morgan fingerprint density at radius 1 is 0.926 bits per heavy atom. The lowest BCUT2D eigenvalue weighted by Gasteiger charge is -2.08. The van der Waals surface area contributed by atoms with Gasteiger partial charge in [-0.25, -0.2) is 9.18 Å². The molecule has 0 unspecified atom stereocenters. The van der Waals surface area contributed by atoms with Gasteiger partial charge in [0.1, 0.15) is 5.75 Å². The molecule has 134 valence electrons. The van der Waals surface area contributed by atoms with Crippen molar-refractivity contribution in [3.63, 3.8) is 0 Å². The van der Waals surface area contributed by atoms with E-state index < -0.39 is 11.8 Å². The van der Waals surface area contributed by atoms with Crippen LogP contribution in [0.3, 0.4) is 0 Å². The second-order valence-electron chi connectivity index (χ2n) is 5.72. The topological polar surface area (TPSA) is 35.5 Å². The highest BCUT2D eigenvalue weighted by Crippen LogP contribution is 2.27. The van der Waals surface area contributed by atoms with Crippen LogP contribution in [0, 0.1) is 17.7 Å². The molecule has 3 aromatic rings. The molecular formula is C23H17FO3. The predicted molar refractivity (Wildman–Crippen MR) is 102 cm³/mol. The summed E-state index contributed by atoms with van der Waals surface area (Å²) in [6.07, 6.45) is 0. The van der Waals surface area contributed by atoms with Gasteiger partial charge in [-0.05, 0) is 66.6 Å². The highest BCUT2D eigenvalue weighted by atomic mass is 19.1. The summed E-state index contributed by atoms with van der Waals surface area (Å²) >= 11 is 0. The van der Waals surface area contributed by atoms with E-state index in [2.05, 4.69) is 11.8 Å². The third-order valence-electron chi connectivity index (χ3n) is 3.94. The summed E-state index contributed by atoms with van der Waals surface area (Å²) < 4.78 is 24.2. The molecule has 4 heteroatoms. The molecule has 0 aliphatic carbocycles. The normalized spacial score (nSPS) is 9.89. The number of halogens is 1. The molecule has 0 bridgehead atoms. The summed E-state index contributed by atoms with van der Waals surface area (Å²) in [5.74, 6) is 5.45. The summed E-state index contributed by atoms with van der Waals surface area (Å²) in [5.41, 5.74) is 2.79. The molecule has 0 heterocycles. The molecule has 0 N–H and O–H groups in total. The van der Waals surface area contributed by atoms with Crippen LogP contribution in [-0.4, -0.2) is 13.1 Å². The fourth-order valence-electron chi connectivity index (χ4n) is 2.56. The molecule has 0 radical (unpaired) electrons. The van der Waals surface area contributed by atoms with Crippen LogP contribution in [0.4, 0.5) is 4.39 Å². The van der Waals surface area contributed by atoms with Crippen molar-refractivity contribution in [2.45, 2.75) is 6.92 Å².